The molecule has 0 bridgehead atoms. The lowest BCUT2D eigenvalue weighted by atomic mass is 10.0. The fourth-order valence-electron chi connectivity index (χ4n) is 4.25. The number of hydrogen-bond donors (Lipinski definition) is 2. The lowest BCUT2D eigenvalue weighted by Crippen LogP contribution is -3.28. The molecular formula is C22H29FN6+2. The molecule has 0 radical (unpaired) electrons. The van der Waals surface area contributed by atoms with Crippen molar-refractivity contribution in [1.82, 2.24) is 20.2 Å². The van der Waals surface area contributed by atoms with Gasteiger partial charge in [-0.2, -0.15) is 0 Å². The molecule has 1 aromatic heterocycles. The molecule has 2 aromatic carbocycles. The van der Waals surface area contributed by atoms with Gasteiger partial charge in [0.1, 0.15) is 32.0 Å². The Kier molecular flexibility index (Phi) is 6.27. The van der Waals surface area contributed by atoms with Gasteiger partial charge in [-0.15, -0.1) is 5.10 Å². The van der Waals surface area contributed by atoms with Crippen LogP contribution in [0.4, 0.5) is 4.39 Å². The fraction of sp³-hybridized carbons (Fsp3) is 0.409. The Morgan fingerprint density at radius 1 is 1.00 bits per heavy atom. The summed E-state index contributed by atoms with van der Waals surface area (Å²) in [7, 11) is 0. The zero-order valence-electron chi connectivity index (χ0n) is 16.9. The third kappa shape index (κ3) is 4.68. The van der Waals surface area contributed by atoms with E-state index in [9.17, 15) is 4.39 Å². The van der Waals surface area contributed by atoms with Crippen LogP contribution in [0, 0.1) is 5.82 Å². The van der Waals surface area contributed by atoms with Gasteiger partial charge in [0.05, 0.1) is 6.54 Å². The Labute approximate surface area is 170 Å². The average Bonchev–Trinajstić information content (AvgIpc) is 3.23. The SMILES string of the molecule is CC[NH+]1CC[NH+]([C@H](c2ccc(F)cc2)c2nnnn2CCc2ccccc2)CC1. The van der Waals surface area contributed by atoms with Crippen molar-refractivity contribution in [3.05, 3.63) is 77.4 Å². The molecule has 4 rings (SSSR count). The van der Waals surface area contributed by atoms with Crippen LogP contribution >= 0.6 is 0 Å². The van der Waals surface area contributed by atoms with Crippen LogP contribution in [0.25, 0.3) is 0 Å². The summed E-state index contributed by atoms with van der Waals surface area (Å²) in [6.07, 6.45) is 0.873. The number of rotatable bonds is 7. The van der Waals surface area contributed by atoms with E-state index in [0.717, 1.165) is 57.1 Å². The predicted molar refractivity (Wildman–Crippen MR) is 108 cm³/mol. The second kappa shape index (κ2) is 9.24. The molecule has 29 heavy (non-hydrogen) atoms. The van der Waals surface area contributed by atoms with Crippen molar-refractivity contribution in [1.29, 1.82) is 0 Å². The number of hydrogen-bond acceptors (Lipinski definition) is 3. The van der Waals surface area contributed by atoms with Crippen molar-refractivity contribution in [2.75, 3.05) is 32.7 Å². The van der Waals surface area contributed by atoms with Gasteiger partial charge in [-0.3, -0.25) is 0 Å². The van der Waals surface area contributed by atoms with Gasteiger partial charge in [0.25, 0.3) is 0 Å². The van der Waals surface area contributed by atoms with E-state index in [2.05, 4.69) is 46.7 Å². The standard InChI is InChI=1S/C22H27FN6/c1-2-27-14-16-28(17-15-27)21(19-8-10-20(23)11-9-19)22-24-25-26-29(22)13-12-18-6-4-3-5-7-18/h3-11,21H,2,12-17H2,1H3/p+2/t21-/m1/s1. The molecule has 0 spiro atoms. The quantitative estimate of drug-likeness (QED) is 0.589. The Morgan fingerprint density at radius 2 is 1.72 bits per heavy atom. The highest BCUT2D eigenvalue weighted by Crippen LogP contribution is 2.18. The van der Waals surface area contributed by atoms with Crippen LogP contribution in [-0.2, 0) is 13.0 Å². The van der Waals surface area contributed by atoms with Crippen molar-refractivity contribution >= 4 is 0 Å². The zero-order valence-corrected chi connectivity index (χ0v) is 16.9. The van der Waals surface area contributed by atoms with Crippen molar-refractivity contribution in [3.8, 4) is 0 Å². The minimum Gasteiger partial charge on any atom is -0.326 e. The van der Waals surface area contributed by atoms with Gasteiger partial charge in [0.15, 0.2) is 6.04 Å². The van der Waals surface area contributed by atoms with E-state index in [4.69, 9.17) is 0 Å². The Balaban J connectivity index is 1.60. The number of tetrazole rings is 1. The van der Waals surface area contributed by atoms with Gasteiger partial charge in [-0.25, -0.2) is 9.07 Å². The van der Waals surface area contributed by atoms with E-state index in [1.165, 1.54) is 22.6 Å². The van der Waals surface area contributed by atoms with Gasteiger partial charge >= 0.3 is 0 Å². The molecule has 1 saturated heterocycles. The summed E-state index contributed by atoms with van der Waals surface area (Å²) in [5.74, 6) is 0.647. The number of quaternary nitrogens is 2. The topological polar surface area (TPSA) is 52.5 Å². The highest BCUT2D eigenvalue weighted by molar-refractivity contribution is 5.23. The van der Waals surface area contributed by atoms with Crippen molar-refractivity contribution in [2.45, 2.75) is 25.9 Å². The van der Waals surface area contributed by atoms with Gasteiger partial charge in [-0.1, -0.05) is 30.3 Å². The molecule has 1 aliphatic rings. The Hall–Kier alpha value is -2.64. The maximum Gasteiger partial charge on any atom is 0.214 e. The van der Waals surface area contributed by atoms with Crippen LogP contribution in [0.3, 0.4) is 0 Å². The van der Waals surface area contributed by atoms with Crippen LogP contribution in [0.1, 0.15) is 29.9 Å². The number of nitrogens with zero attached hydrogens (tertiary/aromatic N) is 4. The Morgan fingerprint density at radius 3 is 2.41 bits per heavy atom. The van der Waals surface area contributed by atoms with Crippen molar-refractivity contribution < 1.29 is 14.2 Å². The maximum absolute atomic E-state index is 13.6. The van der Waals surface area contributed by atoms with Crippen LogP contribution in [0.15, 0.2) is 54.6 Å². The minimum atomic E-state index is -0.216. The number of benzene rings is 2. The number of piperazine rings is 1. The van der Waals surface area contributed by atoms with Crippen LogP contribution in [0.2, 0.25) is 0 Å². The highest BCUT2D eigenvalue weighted by atomic mass is 19.1. The predicted octanol–water partition coefficient (Wildman–Crippen LogP) is -0.0524. The molecule has 6 nitrogen and oxygen atoms in total. The molecule has 0 unspecified atom stereocenters. The second-order valence-electron chi connectivity index (χ2n) is 7.74. The molecule has 0 saturated carbocycles. The molecule has 152 valence electrons. The Bertz CT molecular complexity index is 887. The van der Waals surface area contributed by atoms with Gasteiger partial charge in [-0.05, 0) is 53.6 Å². The van der Waals surface area contributed by atoms with Crippen molar-refractivity contribution in [3.63, 3.8) is 0 Å². The van der Waals surface area contributed by atoms with Crippen LogP contribution in [-0.4, -0.2) is 52.9 Å². The third-order valence-electron chi connectivity index (χ3n) is 5.98. The largest absolute Gasteiger partial charge is 0.326 e. The van der Waals surface area contributed by atoms with Crippen LogP contribution < -0.4 is 9.80 Å². The number of aryl methyl sites for hydroxylation is 2. The fourth-order valence-corrected chi connectivity index (χ4v) is 4.25. The second-order valence-corrected chi connectivity index (χ2v) is 7.74. The first-order chi connectivity index (χ1) is 14.2. The van der Waals surface area contributed by atoms with Gasteiger partial charge in [0.2, 0.25) is 5.82 Å². The van der Waals surface area contributed by atoms with Gasteiger partial charge in [0, 0.05) is 12.1 Å². The first-order valence-corrected chi connectivity index (χ1v) is 10.5. The first kappa shape index (κ1) is 19.7. The smallest absolute Gasteiger partial charge is 0.214 e. The lowest BCUT2D eigenvalue weighted by molar-refractivity contribution is -1.02. The number of nitrogens with one attached hydrogen (secondary N) is 2. The summed E-state index contributed by atoms with van der Waals surface area (Å²) < 4.78 is 15.5. The summed E-state index contributed by atoms with van der Waals surface area (Å²) in [6, 6.07) is 17.2. The summed E-state index contributed by atoms with van der Waals surface area (Å²) in [4.78, 5) is 3.08. The molecule has 0 aliphatic carbocycles. The van der Waals surface area contributed by atoms with E-state index in [1.807, 2.05) is 22.9 Å². The van der Waals surface area contributed by atoms with E-state index < -0.39 is 0 Å². The molecule has 7 heteroatoms. The highest BCUT2D eigenvalue weighted by Gasteiger charge is 2.35. The van der Waals surface area contributed by atoms with E-state index in [0.29, 0.717) is 0 Å². The molecule has 3 aromatic rings. The summed E-state index contributed by atoms with van der Waals surface area (Å²) >= 11 is 0. The number of halogens is 1. The third-order valence-corrected chi connectivity index (χ3v) is 5.98. The summed E-state index contributed by atoms with van der Waals surface area (Å²) in [5.41, 5.74) is 2.33. The molecule has 2 heterocycles. The number of likely N-dealkylation sites (N-methyl/N-ethyl adjacent to an activating group) is 1. The first-order valence-electron chi connectivity index (χ1n) is 10.5. The zero-order chi connectivity index (χ0) is 20.1. The molecular weight excluding hydrogens is 367 g/mol. The summed E-state index contributed by atoms with van der Waals surface area (Å²) in [6.45, 7) is 8.49. The lowest BCUT2D eigenvalue weighted by Gasteiger charge is -2.33. The monoisotopic (exact) mass is 396 g/mol. The molecule has 1 atom stereocenters. The summed E-state index contributed by atoms with van der Waals surface area (Å²) in [5, 5.41) is 12.7. The van der Waals surface area contributed by atoms with E-state index in [-0.39, 0.29) is 11.9 Å². The molecule has 0 amide bonds. The molecule has 1 fully saturated rings. The average molecular weight is 397 g/mol. The van der Waals surface area contributed by atoms with E-state index >= 15 is 0 Å². The number of aromatic nitrogens is 4. The molecule has 1 aliphatic heterocycles. The maximum atomic E-state index is 13.6. The minimum absolute atomic E-state index is 0.0137. The van der Waals surface area contributed by atoms with Crippen LogP contribution in [0.5, 0.6) is 0 Å². The van der Waals surface area contributed by atoms with Gasteiger partial charge < -0.3 is 9.80 Å². The van der Waals surface area contributed by atoms with E-state index in [1.54, 1.807) is 4.90 Å². The van der Waals surface area contributed by atoms with Crippen molar-refractivity contribution in [2.24, 2.45) is 0 Å². The normalized spacial score (nSPS) is 20.5. The molecule has 2 N–H and O–H groups in total.